The summed E-state index contributed by atoms with van der Waals surface area (Å²) in [6, 6.07) is 0. The number of aryl methyl sites for hydroxylation is 2. The lowest BCUT2D eigenvalue weighted by Gasteiger charge is -2.14. The second kappa shape index (κ2) is 16.2. The predicted octanol–water partition coefficient (Wildman–Crippen LogP) is 7.47. The number of nitrogens with zero attached hydrogens (tertiary/aromatic N) is 2. The second-order valence-electron chi connectivity index (χ2n) is 8.38. The fraction of sp³-hybridized carbons (Fsp3) is 0.875. The van der Waals surface area contributed by atoms with Crippen molar-refractivity contribution in [3.8, 4) is 0 Å². The standard InChI is InChI=1S/C24H47N3/c1-4-6-7-8-9-10-11-12-13-14-15-16-17-18-19-20-24-26-22(3)21-27(24)23(25)5-2/h21,23H,4-20,25H2,1-3H3. The van der Waals surface area contributed by atoms with Gasteiger partial charge < -0.3 is 10.3 Å². The molecular weight excluding hydrogens is 330 g/mol. The molecule has 27 heavy (non-hydrogen) atoms. The molecule has 0 saturated carbocycles. The van der Waals surface area contributed by atoms with Gasteiger partial charge in [0, 0.05) is 12.6 Å². The maximum absolute atomic E-state index is 6.19. The van der Waals surface area contributed by atoms with Crippen molar-refractivity contribution >= 4 is 0 Å². The Balaban J connectivity index is 1.91. The van der Waals surface area contributed by atoms with Gasteiger partial charge in [0.25, 0.3) is 0 Å². The molecule has 0 aromatic carbocycles. The van der Waals surface area contributed by atoms with E-state index in [4.69, 9.17) is 5.73 Å². The van der Waals surface area contributed by atoms with Crippen molar-refractivity contribution in [2.75, 3.05) is 0 Å². The van der Waals surface area contributed by atoms with Crippen LogP contribution in [0.5, 0.6) is 0 Å². The molecule has 0 amide bonds. The lowest BCUT2D eigenvalue weighted by atomic mass is 10.0. The third-order valence-corrected chi connectivity index (χ3v) is 5.71. The van der Waals surface area contributed by atoms with Crippen LogP contribution in [0.1, 0.15) is 134 Å². The lowest BCUT2D eigenvalue weighted by Crippen LogP contribution is -2.19. The van der Waals surface area contributed by atoms with Gasteiger partial charge >= 0.3 is 0 Å². The van der Waals surface area contributed by atoms with Gasteiger partial charge in [0.05, 0.1) is 11.9 Å². The molecule has 0 aliphatic heterocycles. The molecule has 0 fully saturated rings. The molecule has 0 spiro atoms. The van der Waals surface area contributed by atoms with Crippen LogP contribution in [0.3, 0.4) is 0 Å². The minimum atomic E-state index is 0.0811. The van der Waals surface area contributed by atoms with E-state index in [0.717, 1.165) is 18.5 Å². The van der Waals surface area contributed by atoms with E-state index in [0.29, 0.717) is 0 Å². The first-order valence-corrected chi connectivity index (χ1v) is 12.0. The van der Waals surface area contributed by atoms with Crippen molar-refractivity contribution in [1.29, 1.82) is 0 Å². The molecule has 0 saturated heterocycles. The van der Waals surface area contributed by atoms with Crippen molar-refractivity contribution in [2.45, 2.75) is 136 Å². The Morgan fingerprint density at radius 1 is 0.778 bits per heavy atom. The quantitative estimate of drug-likeness (QED) is 0.270. The summed E-state index contributed by atoms with van der Waals surface area (Å²) in [6.45, 7) is 6.49. The average molecular weight is 378 g/mol. The topological polar surface area (TPSA) is 43.8 Å². The summed E-state index contributed by atoms with van der Waals surface area (Å²) in [5.74, 6) is 1.18. The SMILES string of the molecule is CCCCCCCCCCCCCCCCCc1nc(C)cn1C(N)CC. The number of rotatable bonds is 18. The van der Waals surface area contributed by atoms with Gasteiger partial charge in [-0.05, 0) is 19.8 Å². The van der Waals surface area contributed by atoms with Gasteiger partial charge in [0.15, 0.2) is 0 Å². The van der Waals surface area contributed by atoms with Crippen molar-refractivity contribution in [3.05, 3.63) is 17.7 Å². The van der Waals surface area contributed by atoms with E-state index < -0.39 is 0 Å². The molecule has 0 bridgehead atoms. The van der Waals surface area contributed by atoms with E-state index in [9.17, 15) is 0 Å². The number of unbranched alkanes of at least 4 members (excludes halogenated alkanes) is 14. The number of imidazole rings is 1. The van der Waals surface area contributed by atoms with E-state index in [1.54, 1.807) is 0 Å². The Labute approximate surface area is 169 Å². The van der Waals surface area contributed by atoms with Crippen LogP contribution in [0, 0.1) is 6.92 Å². The molecular formula is C24H47N3. The number of aromatic nitrogens is 2. The van der Waals surface area contributed by atoms with E-state index in [2.05, 4.69) is 36.5 Å². The predicted molar refractivity (Wildman–Crippen MR) is 119 cm³/mol. The van der Waals surface area contributed by atoms with Crippen LogP contribution in [-0.2, 0) is 6.42 Å². The number of nitrogens with two attached hydrogens (primary N) is 1. The fourth-order valence-electron chi connectivity index (χ4n) is 3.89. The zero-order valence-corrected chi connectivity index (χ0v) is 18.6. The monoisotopic (exact) mass is 377 g/mol. The number of hydrogen-bond donors (Lipinski definition) is 1. The summed E-state index contributed by atoms with van der Waals surface area (Å²) in [5, 5.41) is 0. The maximum Gasteiger partial charge on any atom is 0.110 e. The normalized spacial score (nSPS) is 12.6. The van der Waals surface area contributed by atoms with Crippen molar-refractivity contribution in [2.24, 2.45) is 5.73 Å². The summed E-state index contributed by atoms with van der Waals surface area (Å²) >= 11 is 0. The Morgan fingerprint density at radius 2 is 1.22 bits per heavy atom. The van der Waals surface area contributed by atoms with E-state index in [-0.39, 0.29) is 6.17 Å². The molecule has 1 aromatic rings. The minimum absolute atomic E-state index is 0.0811. The molecule has 1 atom stereocenters. The molecule has 0 radical (unpaired) electrons. The highest BCUT2D eigenvalue weighted by molar-refractivity contribution is 5.03. The van der Waals surface area contributed by atoms with Gasteiger partial charge in [-0.15, -0.1) is 0 Å². The Kier molecular flexibility index (Phi) is 14.5. The van der Waals surface area contributed by atoms with Crippen molar-refractivity contribution < 1.29 is 0 Å². The fourth-order valence-corrected chi connectivity index (χ4v) is 3.89. The second-order valence-corrected chi connectivity index (χ2v) is 8.38. The van der Waals surface area contributed by atoms with Gasteiger partial charge in [-0.1, -0.05) is 104 Å². The van der Waals surface area contributed by atoms with Crippen molar-refractivity contribution in [1.82, 2.24) is 9.55 Å². The first-order chi connectivity index (χ1) is 13.2. The van der Waals surface area contributed by atoms with E-state index in [1.807, 2.05) is 0 Å². The van der Waals surface area contributed by atoms with Crippen LogP contribution in [-0.4, -0.2) is 9.55 Å². The highest BCUT2D eigenvalue weighted by Crippen LogP contribution is 2.16. The zero-order chi connectivity index (χ0) is 19.7. The van der Waals surface area contributed by atoms with Crippen LogP contribution in [0.2, 0.25) is 0 Å². The first-order valence-electron chi connectivity index (χ1n) is 12.0. The van der Waals surface area contributed by atoms with Gasteiger partial charge in [-0.2, -0.15) is 0 Å². The molecule has 3 heteroatoms. The third kappa shape index (κ3) is 11.6. The van der Waals surface area contributed by atoms with Crippen LogP contribution >= 0.6 is 0 Å². The Morgan fingerprint density at radius 3 is 1.67 bits per heavy atom. The van der Waals surface area contributed by atoms with E-state index >= 15 is 0 Å². The van der Waals surface area contributed by atoms with E-state index in [1.165, 1.54) is 102 Å². The van der Waals surface area contributed by atoms with Crippen LogP contribution in [0.15, 0.2) is 6.20 Å². The minimum Gasteiger partial charge on any atom is -0.319 e. The molecule has 1 aromatic heterocycles. The zero-order valence-electron chi connectivity index (χ0n) is 18.6. The Hall–Kier alpha value is -0.830. The van der Waals surface area contributed by atoms with Gasteiger partial charge in [0.1, 0.15) is 5.82 Å². The number of hydrogen-bond acceptors (Lipinski definition) is 2. The van der Waals surface area contributed by atoms with Crippen molar-refractivity contribution in [3.63, 3.8) is 0 Å². The molecule has 0 aliphatic carbocycles. The summed E-state index contributed by atoms with van der Waals surface area (Å²) in [6.07, 6.45) is 25.4. The summed E-state index contributed by atoms with van der Waals surface area (Å²) in [4.78, 5) is 4.67. The highest BCUT2D eigenvalue weighted by Gasteiger charge is 2.10. The molecule has 2 N–H and O–H groups in total. The first kappa shape index (κ1) is 24.2. The molecule has 1 heterocycles. The lowest BCUT2D eigenvalue weighted by molar-refractivity contribution is 0.477. The molecule has 3 nitrogen and oxygen atoms in total. The maximum atomic E-state index is 6.19. The highest BCUT2D eigenvalue weighted by atomic mass is 15.2. The molecule has 0 aliphatic rings. The Bertz CT molecular complexity index is 452. The van der Waals surface area contributed by atoms with Gasteiger partial charge in [0.2, 0.25) is 0 Å². The smallest absolute Gasteiger partial charge is 0.110 e. The molecule has 1 unspecified atom stereocenters. The van der Waals surface area contributed by atoms with Gasteiger partial charge in [-0.3, -0.25) is 0 Å². The molecule has 1 rings (SSSR count). The average Bonchev–Trinajstić information content (AvgIpc) is 3.04. The molecule has 158 valence electrons. The summed E-state index contributed by atoms with van der Waals surface area (Å²) in [7, 11) is 0. The van der Waals surface area contributed by atoms with Gasteiger partial charge in [-0.25, -0.2) is 4.98 Å². The third-order valence-electron chi connectivity index (χ3n) is 5.71. The largest absolute Gasteiger partial charge is 0.319 e. The van der Waals surface area contributed by atoms with Crippen LogP contribution < -0.4 is 5.73 Å². The summed E-state index contributed by atoms with van der Waals surface area (Å²) in [5.41, 5.74) is 7.28. The van der Waals surface area contributed by atoms with Crippen LogP contribution in [0.25, 0.3) is 0 Å². The van der Waals surface area contributed by atoms with Crippen LogP contribution in [0.4, 0.5) is 0 Å². The summed E-state index contributed by atoms with van der Waals surface area (Å²) < 4.78 is 2.18.